The zero-order valence-electron chi connectivity index (χ0n) is 18.6. The number of nitrogens with zero attached hydrogens (tertiary/aromatic N) is 2. The number of benzene rings is 2. The van der Waals surface area contributed by atoms with Gasteiger partial charge in [-0.25, -0.2) is 4.98 Å². The van der Waals surface area contributed by atoms with E-state index in [0.717, 1.165) is 17.5 Å². The summed E-state index contributed by atoms with van der Waals surface area (Å²) in [6, 6.07) is 11.8. The van der Waals surface area contributed by atoms with Gasteiger partial charge in [-0.2, -0.15) is 8.42 Å². The van der Waals surface area contributed by atoms with Crippen LogP contribution in [0, 0.1) is 6.92 Å². The Hall–Kier alpha value is -1.94. The molecule has 3 aromatic rings. The summed E-state index contributed by atoms with van der Waals surface area (Å²) in [5.74, 6) is 0. The molecule has 1 aliphatic heterocycles. The molecule has 182 valence electrons. The fraction of sp³-hybridized carbons (Fsp3) is 0.375. The van der Waals surface area contributed by atoms with Crippen molar-refractivity contribution >= 4 is 33.3 Å². The Balaban J connectivity index is 1.41. The van der Waals surface area contributed by atoms with Gasteiger partial charge < -0.3 is 14.0 Å². The molecule has 0 amide bonds. The van der Waals surface area contributed by atoms with E-state index in [4.69, 9.17) is 36.9 Å². The lowest BCUT2D eigenvalue weighted by molar-refractivity contribution is -0.222. The fourth-order valence-electron chi connectivity index (χ4n) is 3.77. The Labute approximate surface area is 209 Å². The smallest absolute Gasteiger partial charge is 0.297 e. The summed E-state index contributed by atoms with van der Waals surface area (Å²) in [6.45, 7) is 2.29. The molecule has 1 saturated heterocycles. The van der Waals surface area contributed by atoms with Crippen LogP contribution in [0.4, 0.5) is 0 Å². The summed E-state index contributed by atoms with van der Waals surface area (Å²) in [5.41, 5.74) is 1.75. The van der Waals surface area contributed by atoms with Crippen molar-refractivity contribution in [3.05, 3.63) is 82.4 Å². The van der Waals surface area contributed by atoms with Crippen molar-refractivity contribution in [2.45, 2.75) is 56.1 Å². The van der Waals surface area contributed by atoms with E-state index in [0.29, 0.717) is 29.4 Å². The first-order valence-corrected chi connectivity index (χ1v) is 13.1. The van der Waals surface area contributed by atoms with Gasteiger partial charge in [0.2, 0.25) is 0 Å². The number of hydrogen-bond acceptors (Lipinski definition) is 6. The van der Waals surface area contributed by atoms with Gasteiger partial charge in [-0.15, -0.1) is 0 Å². The van der Waals surface area contributed by atoms with Crippen molar-refractivity contribution in [1.82, 2.24) is 9.55 Å². The van der Waals surface area contributed by atoms with E-state index in [1.165, 1.54) is 12.1 Å². The third-order valence-electron chi connectivity index (χ3n) is 5.59. The quantitative estimate of drug-likeness (QED) is 0.341. The third kappa shape index (κ3) is 6.59. The molecule has 1 unspecified atom stereocenters. The van der Waals surface area contributed by atoms with Crippen LogP contribution in [-0.4, -0.2) is 37.0 Å². The zero-order chi connectivity index (χ0) is 24.1. The monoisotopic (exact) mass is 524 g/mol. The second-order valence-electron chi connectivity index (χ2n) is 8.22. The van der Waals surface area contributed by atoms with E-state index in [2.05, 4.69) is 4.98 Å². The summed E-state index contributed by atoms with van der Waals surface area (Å²) >= 11 is 12.5. The van der Waals surface area contributed by atoms with E-state index < -0.39 is 28.6 Å². The van der Waals surface area contributed by atoms with Crippen LogP contribution in [0.3, 0.4) is 0 Å². The maximum Gasteiger partial charge on any atom is 0.297 e. The van der Waals surface area contributed by atoms with Crippen molar-refractivity contribution in [2.75, 3.05) is 6.61 Å². The number of ether oxygens (including phenoxy) is 2. The van der Waals surface area contributed by atoms with Gasteiger partial charge in [0.05, 0.1) is 30.5 Å². The molecule has 0 N–H and O–H groups in total. The van der Waals surface area contributed by atoms with Gasteiger partial charge >= 0.3 is 0 Å². The van der Waals surface area contributed by atoms with E-state index in [1.807, 2.05) is 23.8 Å². The van der Waals surface area contributed by atoms with Gasteiger partial charge in [0, 0.05) is 28.0 Å². The summed E-state index contributed by atoms with van der Waals surface area (Å²) in [6.07, 6.45) is 6.04. The Morgan fingerprint density at radius 2 is 1.97 bits per heavy atom. The molecule has 0 bridgehead atoms. The highest BCUT2D eigenvalue weighted by Crippen LogP contribution is 2.33. The molecule has 1 aliphatic rings. The lowest BCUT2D eigenvalue weighted by atomic mass is 10.1. The maximum atomic E-state index is 12.5. The topological polar surface area (TPSA) is 79.7 Å². The van der Waals surface area contributed by atoms with Gasteiger partial charge in [-0.05, 0) is 50.5 Å². The minimum atomic E-state index is -3.86. The minimum absolute atomic E-state index is 0.0794. The van der Waals surface area contributed by atoms with Crippen LogP contribution in [0.1, 0.15) is 36.5 Å². The highest BCUT2D eigenvalue weighted by Gasteiger charge is 2.29. The van der Waals surface area contributed by atoms with E-state index in [1.54, 1.807) is 36.8 Å². The largest absolute Gasteiger partial charge is 0.347 e. The molecule has 2 heterocycles. The molecule has 0 radical (unpaired) electrons. The third-order valence-corrected chi connectivity index (χ3v) is 7.45. The van der Waals surface area contributed by atoms with Crippen LogP contribution >= 0.6 is 23.2 Å². The van der Waals surface area contributed by atoms with Crippen LogP contribution < -0.4 is 0 Å². The summed E-state index contributed by atoms with van der Waals surface area (Å²) in [4.78, 5) is 4.21. The molecule has 0 spiro atoms. The minimum Gasteiger partial charge on any atom is -0.347 e. The summed E-state index contributed by atoms with van der Waals surface area (Å²) in [7, 11) is -3.86. The maximum absolute atomic E-state index is 12.5. The Morgan fingerprint density at radius 3 is 2.68 bits per heavy atom. The normalized spacial score (nSPS) is 19.7. The van der Waals surface area contributed by atoms with Gasteiger partial charge in [0.15, 0.2) is 6.29 Å². The molecule has 34 heavy (non-hydrogen) atoms. The van der Waals surface area contributed by atoms with E-state index in [9.17, 15) is 8.42 Å². The second-order valence-corrected chi connectivity index (χ2v) is 10.7. The first-order valence-electron chi connectivity index (χ1n) is 11.0. The van der Waals surface area contributed by atoms with Crippen LogP contribution in [0.25, 0.3) is 0 Å². The standard InChI is InChI=1S/C24H26Cl2N2O5S/c1-17-5-8-20(9-6-17)34(29,30)31-15-19-3-2-4-24(32-19)33-23(14-28-12-11-27-16-28)21-10-7-18(25)13-22(21)26/h5-13,16,19,23-24H,2-4,14-15H2,1H3/t19-,23?,24+/m1/s1. The lowest BCUT2D eigenvalue weighted by Crippen LogP contribution is -2.34. The van der Waals surface area contributed by atoms with Crippen molar-refractivity contribution in [1.29, 1.82) is 0 Å². The lowest BCUT2D eigenvalue weighted by Gasteiger charge is -2.33. The number of hydrogen-bond donors (Lipinski definition) is 0. The molecular formula is C24H26Cl2N2O5S. The molecule has 7 nitrogen and oxygen atoms in total. The molecule has 0 aliphatic carbocycles. The van der Waals surface area contributed by atoms with Crippen molar-refractivity contribution in [3.63, 3.8) is 0 Å². The van der Waals surface area contributed by atoms with E-state index >= 15 is 0 Å². The molecule has 0 saturated carbocycles. The van der Waals surface area contributed by atoms with Gasteiger partial charge in [-0.3, -0.25) is 4.18 Å². The number of imidazole rings is 1. The van der Waals surface area contributed by atoms with Crippen LogP contribution in [0.15, 0.2) is 66.1 Å². The van der Waals surface area contributed by atoms with Crippen molar-refractivity contribution in [2.24, 2.45) is 0 Å². The van der Waals surface area contributed by atoms with Crippen molar-refractivity contribution in [3.8, 4) is 0 Å². The van der Waals surface area contributed by atoms with Gasteiger partial charge in [0.25, 0.3) is 10.1 Å². The molecule has 4 rings (SSSR count). The predicted molar refractivity (Wildman–Crippen MR) is 129 cm³/mol. The number of aromatic nitrogens is 2. The number of rotatable bonds is 9. The predicted octanol–water partition coefficient (Wildman–Crippen LogP) is 5.56. The molecule has 2 aromatic carbocycles. The molecule has 3 atom stereocenters. The highest BCUT2D eigenvalue weighted by atomic mass is 35.5. The fourth-order valence-corrected chi connectivity index (χ4v) is 5.24. The first kappa shape index (κ1) is 25.2. The Morgan fingerprint density at radius 1 is 1.18 bits per heavy atom. The van der Waals surface area contributed by atoms with Crippen LogP contribution in [0.2, 0.25) is 10.0 Å². The number of halogens is 2. The molecule has 10 heteroatoms. The molecule has 1 aromatic heterocycles. The average Bonchev–Trinajstić information content (AvgIpc) is 3.31. The Kier molecular flexibility index (Phi) is 8.29. The summed E-state index contributed by atoms with van der Waals surface area (Å²) < 4.78 is 44.6. The van der Waals surface area contributed by atoms with Crippen LogP contribution in [0.5, 0.6) is 0 Å². The Bertz CT molecular complexity index is 1190. The first-order chi connectivity index (χ1) is 16.3. The highest BCUT2D eigenvalue weighted by molar-refractivity contribution is 7.86. The second kappa shape index (κ2) is 11.2. The average molecular weight is 525 g/mol. The van der Waals surface area contributed by atoms with Crippen molar-refractivity contribution < 1.29 is 22.1 Å². The SMILES string of the molecule is Cc1ccc(S(=O)(=O)OC[C@H]2CCC[C@H](OC(Cn3ccnc3)c3ccc(Cl)cc3Cl)O2)cc1. The molecular weight excluding hydrogens is 499 g/mol. The van der Waals surface area contributed by atoms with Gasteiger partial charge in [0.1, 0.15) is 6.10 Å². The summed E-state index contributed by atoms with van der Waals surface area (Å²) in [5, 5.41) is 1.04. The van der Waals surface area contributed by atoms with Gasteiger partial charge in [-0.1, -0.05) is 47.0 Å². The zero-order valence-corrected chi connectivity index (χ0v) is 21.0. The van der Waals surface area contributed by atoms with E-state index in [-0.39, 0.29) is 11.5 Å². The van der Waals surface area contributed by atoms with Crippen LogP contribution in [-0.2, 0) is 30.3 Å². The molecule has 1 fully saturated rings. The number of aryl methyl sites for hydroxylation is 1.